The summed E-state index contributed by atoms with van der Waals surface area (Å²) in [6.07, 6.45) is 12.0. The summed E-state index contributed by atoms with van der Waals surface area (Å²) >= 11 is 0. The van der Waals surface area contributed by atoms with Gasteiger partial charge in [0.05, 0.1) is 0 Å². The van der Waals surface area contributed by atoms with Crippen LogP contribution in [0.5, 0.6) is 0 Å². The molecule has 0 radical (unpaired) electrons. The largest absolute Gasteiger partial charge is 0.478 e. The maximum Gasteiger partial charge on any atom is 0.331 e. The first-order chi connectivity index (χ1) is 10.9. The maximum absolute atomic E-state index is 12.0. The second-order valence-corrected chi connectivity index (χ2v) is 7.71. The first-order valence-electron chi connectivity index (χ1n) is 9.05. The van der Waals surface area contributed by atoms with Crippen molar-refractivity contribution in [2.75, 3.05) is 0 Å². The van der Waals surface area contributed by atoms with E-state index in [-0.39, 0.29) is 5.60 Å². The zero-order valence-corrected chi connectivity index (χ0v) is 14.4. The molecule has 23 heavy (non-hydrogen) atoms. The SMILES string of the molecule is CC(C)CC1CCC(C2(OC(=O)/C=C/C(=O)O)CCCC2)CC1. The molecule has 2 aliphatic carbocycles. The molecule has 130 valence electrons. The highest BCUT2D eigenvalue weighted by molar-refractivity contribution is 5.90. The average molecular weight is 322 g/mol. The molecule has 2 aliphatic rings. The Kier molecular flexibility index (Phi) is 6.25. The number of esters is 1. The van der Waals surface area contributed by atoms with Crippen LogP contribution in [0, 0.1) is 17.8 Å². The van der Waals surface area contributed by atoms with Gasteiger partial charge in [-0.15, -0.1) is 0 Å². The van der Waals surface area contributed by atoms with Gasteiger partial charge in [0.25, 0.3) is 0 Å². The van der Waals surface area contributed by atoms with Crippen molar-refractivity contribution in [2.45, 2.75) is 77.2 Å². The number of aliphatic carboxylic acids is 1. The summed E-state index contributed by atoms with van der Waals surface area (Å²) in [6.45, 7) is 4.56. The average Bonchev–Trinajstić information content (AvgIpc) is 2.95. The topological polar surface area (TPSA) is 63.6 Å². The summed E-state index contributed by atoms with van der Waals surface area (Å²) < 4.78 is 5.82. The van der Waals surface area contributed by atoms with Gasteiger partial charge in [-0.05, 0) is 62.7 Å². The number of ether oxygens (including phenoxy) is 1. The summed E-state index contributed by atoms with van der Waals surface area (Å²) in [5.74, 6) is 0.383. The third-order valence-electron chi connectivity index (χ3n) is 5.51. The second-order valence-electron chi connectivity index (χ2n) is 7.71. The molecule has 2 saturated carbocycles. The monoisotopic (exact) mass is 322 g/mol. The summed E-state index contributed by atoms with van der Waals surface area (Å²) in [6, 6.07) is 0. The molecule has 4 heteroatoms. The number of carbonyl (C=O) groups is 2. The lowest BCUT2D eigenvalue weighted by Crippen LogP contribution is -2.41. The summed E-state index contributed by atoms with van der Waals surface area (Å²) in [4.78, 5) is 22.5. The molecule has 0 aliphatic heterocycles. The normalized spacial score (nSPS) is 27.4. The molecule has 1 N–H and O–H groups in total. The number of carboxylic acids is 1. The van der Waals surface area contributed by atoms with Gasteiger partial charge in [-0.3, -0.25) is 0 Å². The Balaban J connectivity index is 1.96. The minimum Gasteiger partial charge on any atom is -0.478 e. The van der Waals surface area contributed by atoms with Crippen molar-refractivity contribution in [3.63, 3.8) is 0 Å². The van der Waals surface area contributed by atoms with Crippen molar-refractivity contribution >= 4 is 11.9 Å². The van der Waals surface area contributed by atoms with E-state index in [1.165, 1.54) is 19.3 Å². The van der Waals surface area contributed by atoms with Crippen molar-refractivity contribution < 1.29 is 19.4 Å². The van der Waals surface area contributed by atoms with Gasteiger partial charge in [-0.2, -0.15) is 0 Å². The third kappa shape index (κ3) is 5.08. The Morgan fingerprint density at radius 3 is 2.26 bits per heavy atom. The fraction of sp³-hybridized carbons (Fsp3) is 0.789. The van der Waals surface area contributed by atoms with Gasteiger partial charge in [-0.25, -0.2) is 9.59 Å². The van der Waals surface area contributed by atoms with Crippen LogP contribution in [0.2, 0.25) is 0 Å². The lowest BCUT2D eigenvalue weighted by Gasteiger charge is -2.41. The van der Waals surface area contributed by atoms with E-state index in [1.54, 1.807) is 0 Å². The number of hydrogen-bond donors (Lipinski definition) is 1. The van der Waals surface area contributed by atoms with Gasteiger partial charge >= 0.3 is 11.9 Å². The van der Waals surface area contributed by atoms with E-state index >= 15 is 0 Å². The van der Waals surface area contributed by atoms with Gasteiger partial charge in [0.2, 0.25) is 0 Å². The lowest BCUT2D eigenvalue weighted by atomic mass is 9.71. The predicted molar refractivity (Wildman–Crippen MR) is 89.0 cm³/mol. The predicted octanol–water partition coefficient (Wildman–Crippen LogP) is 4.34. The van der Waals surface area contributed by atoms with E-state index in [0.29, 0.717) is 5.92 Å². The van der Waals surface area contributed by atoms with Crippen LogP contribution in [-0.2, 0) is 14.3 Å². The van der Waals surface area contributed by atoms with Gasteiger partial charge in [0, 0.05) is 12.2 Å². The van der Waals surface area contributed by atoms with Crippen LogP contribution in [0.15, 0.2) is 12.2 Å². The molecular formula is C19H30O4. The molecule has 0 aromatic rings. The summed E-state index contributed by atoms with van der Waals surface area (Å²) in [5, 5.41) is 8.64. The van der Waals surface area contributed by atoms with Crippen LogP contribution in [0.25, 0.3) is 0 Å². The summed E-state index contributed by atoms with van der Waals surface area (Å²) in [7, 11) is 0. The Morgan fingerprint density at radius 2 is 1.74 bits per heavy atom. The van der Waals surface area contributed by atoms with Gasteiger partial charge in [0.15, 0.2) is 0 Å². The highest BCUT2D eigenvalue weighted by atomic mass is 16.6. The number of hydrogen-bond acceptors (Lipinski definition) is 3. The van der Waals surface area contributed by atoms with Crippen molar-refractivity contribution in [3.8, 4) is 0 Å². The number of carbonyl (C=O) groups excluding carboxylic acids is 1. The fourth-order valence-electron chi connectivity index (χ4n) is 4.53. The van der Waals surface area contributed by atoms with Gasteiger partial charge in [-0.1, -0.05) is 26.7 Å². The molecule has 4 nitrogen and oxygen atoms in total. The van der Waals surface area contributed by atoms with Crippen LogP contribution in [0.3, 0.4) is 0 Å². The molecule has 0 atom stereocenters. The number of rotatable bonds is 6. The molecule has 0 bridgehead atoms. The zero-order valence-electron chi connectivity index (χ0n) is 14.4. The van der Waals surface area contributed by atoms with Crippen molar-refractivity contribution in [1.82, 2.24) is 0 Å². The molecule has 0 aromatic heterocycles. The third-order valence-corrected chi connectivity index (χ3v) is 5.51. The quantitative estimate of drug-likeness (QED) is 0.584. The number of carboxylic acid groups (broad SMARTS) is 1. The first kappa shape index (κ1) is 18.0. The Morgan fingerprint density at radius 1 is 1.13 bits per heavy atom. The first-order valence-corrected chi connectivity index (χ1v) is 9.05. The molecule has 0 saturated heterocycles. The Labute approximate surface area is 139 Å². The molecule has 0 spiro atoms. The van der Waals surface area contributed by atoms with Crippen LogP contribution >= 0.6 is 0 Å². The molecular weight excluding hydrogens is 292 g/mol. The van der Waals surface area contributed by atoms with Gasteiger partial charge < -0.3 is 9.84 Å². The lowest BCUT2D eigenvalue weighted by molar-refractivity contribution is -0.161. The van der Waals surface area contributed by atoms with Crippen molar-refractivity contribution in [2.24, 2.45) is 17.8 Å². The fourth-order valence-corrected chi connectivity index (χ4v) is 4.53. The highest BCUT2D eigenvalue weighted by Crippen LogP contribution is 2.47. The molecule has 0 heterocycles. The minimum absolute atomic E-state index is 0.345. The van der Waals surface area contributed by atoms with Crippen LogP contribution in [0.4, 0.5) is 0 Å². The minimum atomic E-state index is -1.11. The maximum atomic E-state index is 12.0. The molecule has 0 amide bonds. The summed E-state index contributed by atoms with van der Waals surface area (Å²) in [5.41, 5.74) is -0.345. The molecule has 0 unspecified atom stereocenters. The molecule has 2 rings (SSSR count). The van der Waals surface area contributed by atoms with Crippen LogP contribution in [0.1, 0.15) is 71.6 Å². The van der Waals surface area contributed by atoms with E-state index in [0.717, 1.165) is 62.5 Å². The Bertz CT molecular complexity index is 438. The van der Waals surface area contributed by atoms with E-state index in [1.807, 2.05) is 0 Å². The molecule has 0 aromatic carbocycles. The van der Waals surface area contributed by atoms with Crippen LogP contribution < -0.4 is 0 Å². The van der Waals surface area contributed by atoms with E-state index in [2.05, 4.69) is 13.8 Å². The standard InChI is InChI=1S/C19H30O4/c1-14(2)13-15-5-7-16(8-6-15)19(11-3-4-12-19)23-18(22)10-9-17(20)21/h9-10,14-16H,3-8,11-13H2,1-2H3,(H,20,21)/b10-9+. The van der Waals surface area contributed by atoms with Crippen molar-refractivity contribution in [1.29, 1.82) is 0 Å². The second kappa shape index (κ2) is 7.98. The van der Waals surface area contributed by atoms with E-state index in [4.69, 9.17) is 9.84 Å². The Hall–Kier alpha value is -1.32. The van der Waals surface area contributed by atoms with Crippen LogP contribution in [-0.4, -0.2) is 22.6 Å². The van der Waals surface area contributed by atoms with E-state index in [9.17, 15) is 9.59 Å². The highest BCUT2D eigenvalue weighted by Gasteiger charge is 2.45. The zero-order chi connectivity index (χ0) is 16.9. The van der Waals surface area contributed by atoms with Gasteiger partial charge in [0.1, 0.15) is 5.60 Å². The van der Waals surface area contributed by atoms with Crippen molar-refractivity contribution in [3.05, 3.63) is 12.2 Å². The smallest absolute Gasteiger partial charge is 0.331 e. The van der Waals surface area contributed by atoms with E-state index < -0.39 is 11.9 Å². The molecule has 2 fully saturated rings.